The Labute approximate surface area is 164 Å². The molecular weight excluding hydrogens is 348 g/mol. The fourth-order valence-corrected chi connectivity index (χ4v) is 3.79. The molecular formula is C24H24N2O2. The molecule has 3 aromatic carbocycles. The zero-order valence-corrected chi connectivity index (χ0v) is 15.7. The van der Waals surface area contributed by atoms with Crippen molar-refractivity contribution in [2.75, 3.05) is 0 Å². The van der Waals surface area contributed by atoms with Gasteiger partial charge in [-0.15, -0.1) is 0 Å². The number of aromatic hydroxyl groups is 1. The van der Waals surface area contributed by atoms with Crippen LogP contribution in [0.15, 0.2) is 72.3 Å². The maximum absolute atomic E-state index is 12.8. The molecule has 0 bridgehead atoms. The maximum Gasteiger partial charge on any atom is 0.273 e. The molecule has 3 N–H and O–H groups in total. The minimum atomic E-state index is -0.354. The predicted molar refractivity (Wildman–Crippen MR) is 113 cm³/mol. The van der Waals surface area contributed by atoms with E-state index in [1.165, 1.54) is 24.8 Å². The molecule has 28 heavy (non-hydrogen) atoms. The summed E-state index contributed by atoms with van der Waals surface area (Å²) in [6.45, 7) is 0. The van der Waals surface area contributed by atoms with E-state index in [0.29, 0.717) is 0 Å². The second kappa shape index (κ2) is 8.17. The Kier molecular flexibility index (Phi) is 5.29. The fraction of sp³-hybridized carbons (Fsp3) is 0.208. The summed E-state index contributed by atoms with van der Waals surface area (Å²) < 4.78 is 0. The number of amides is 1. The number of hydrogen-bond acceptors (Lipinski definition) is 3. The van der Waals surface area contributed by atoms with Gasteiger partial charge in [0.2, 0.25) is 0 Å². The maximum atomic E-state index is 12.8. The summed E-state index contributed by atoms with van der Waals surface area (Å²) in [4.78, 5) is 12.8. The van der Waals surface area contributed by atoms with Crippen molar-refractivity contribution in [3.05, 3.63) is 83.4 Å². The van der Waals surface area contributed by atoms with Gasteiger partial charge in [-0.3, -0.25) is 15.6 Å². The van der Waals surface area contributed by atoms with Crippen LogP contribution in [0.1, 0.15) is 48.0 Å². The van der Waals surface area contributed by atoms with Gasteiger partial charge in [-0.2, -0.15) is 0 Å². The van der Waals surface area contributed by atoms with E-state index in [-0.39, 0.29) is 17.2 Å². The Morgan fingerprint density at radius 1 is 0.786 bits per heavy atom. The van der Waals surface area contributed by atoms with E-state index in [4.69, 9.17) is 0 Å². The monoisotopic (exact) mass is 372 g/mol. The normalized spacial score (nSPS) is 13.9. The summed E-state index contributed by atoms with van der Waals surface area (Å²) in [5, 5.41) is 12.1. The molecule has 0 saturated heterocycles. The molecule has 0 aliphatic heterocycles. The number of phenolic OH excluding ortho intramolecular Hbond substituents is 1. The second-order valence-corrected chi connectivity index (χ2v) is 7.20. The number of rotatable bonds is 4. The van der Waals surface area contributed by atoms with Crippen LogP contribution in [0.2, 0.25) is 0 Å². The molecule has 1 fully saturated rings. The first-order valence-corrected chi connectivity index (χ1v) is 9.78. The minimum absolute atomic E-state index is 0.0235. The summed E-state index contributed by atoms with van der Waals surface area (Å²) in [5.41, 5.74) is 9.56. The minimum Gasteiger partial charge on any atom is -0.507 e. The third kappa shape index (κ3) is 3.86. The Hall–Kier alpha value is -3.27. The van der Waals surface area contributed by atoms with E-state index in [2.05, 4.69) is 10.9 Å². The van der Waals surface area contributed by atoms with Crippen LogP contribution in [0.25, 0.3) is 16.5 Å². The van der Waals surface area contributed by atoms with Crippen molar-refractivity contribution in [3.63, 3.8) is 0 Å². The zero-order valence-electron chi connectivity index (χ0n) is 15.7. The van der Waals surface area contributed by atoms with Gasteiger partial charge in [-0.1, -0.05) is 61.0 Å². The first-order chi connectivity index (χ1) is 13.7. The van der Waals surface area contributed by atoms with Crippen molar-refractivity contribution in [1.82, 2.24) is 10.9 Å². The second-order valence-electron chi connectivity index (χ2n) is 7.20. The lowest BCUT2D eigenvalue weighted by Crippen LogP contribution is -2.37. The summed E-state index contributed by atoms with van der Waals surface area (Å²) in [7, 11) is 0. The number of benzene rings is 3. The van der Waals surface area contributed by atoms with Gasteiger partial charge in [0.05, 0.1) is 11.3 Å². The summed E-state index contributed by atoms with van der Waals surface area (Å²) >= 11 is 0. The van der Waals surface area contributed by atoms with E-state index in [9.17, 15) is 9.90 Å². The molecule has 4 rings (SSSR count). The van der Waals surface area contributed by atoms with Gasteiger partial charge in [-0.05, 0) is 59.7 Å². The number of nitrogens with one attached hydrogen (secondary N) is 2. The molecule has 0 heterocycles. The molecule has 1 saturated carbocycles. The largest absolute Gasteiger partial charge is 0.507 e. The van der Waals surface area contributed by atoms with E-state index < -0.39 is 0 Å². The Balaban J connectivity index is 1.59. The van der Waals surface area contributed by atoms with Gasteiger partial charge in [0.1, 0.15) is 5.75 Å². The number of carbonyl (C=O) groups excluding carboxylic acids is 1. The predicted octanol–water partition coefficient (Wildman–Crippen LogP) is 5.16. The van der Waals surface area contributed by atoms with Crippen molar-refractivity contribution >= 4 is 22.4 Å². The Bertz CT molecular complexity index is 1020. The Morgan fingerprint density at radius 3 is 2.14 bits per heavy atom. The van der Waals surface area contributed by atoms with Gasteiger partial charge in [0.15, 0.2) is 0 Å². The van der Waals surface area contributed by atoms with Gasteiger partial charge in [0.25, 0.3) is 5.91 Å². The molecule has 4 nitrogen and oxygen atoms in total. The molecule has 0 spiro atoms. The van der Waals surface area contributed by atoms with Crippen molar-refractivity contribution in [2.45, 2.75) is 32.1 Å². The lowest BCUT2D eigenvalue weighted by Gasteiger charge is -2.21. The van der Waals surface area contributed by atoms with Gasteiger partial charge in [0, 0.05) is 0 Å². The fourth-order valence-electron chi connectivity index (χ4n) is 3.79. The van der Waals surface area contributed by atoms with Crippen LogP contribution in [0, 0.1) is 0 Å². The van der Waals surface area contributed by atoms with Crippen molar-refractivity contribution in [2.24, 2.45) is 0 Å². The molecule has 0 atom stereocenters. The molecule has 0 unspecified atom stereocenters. The molecule has 1 aliphatic carbocycles. The first-order valence-electron chi connectivity index (χ1n) is 9.78. The molecule has 142 valence electrons. The number of carbonyl (C=O) groups is 1. The lowest BCUT2D eigenvalue weighted by molar-refractivity contribution is 0.0940. The number of phenols is 1. The van der Waals surface area contributed by atoms with Gasteiger partial charge < -0.3 is 5.11 Å². The average molecular weight is 372 g/mol. The van der Waals surface area contributed by atoms with Crippen molar-refractivity contribution in [1.29, 1.82) is 0 Å². The van der Waals surface area contributed by atoms with Gasteiger partial charge >= 0.3 is 0 Å². The summed E-state index contributed by atoms with van der Waals surface area (Å²) in [6.07, 6.45) is 5.67. The number of hydrogen-bond donors (Lipinski definition) is 3. The highest BCUT2D eigenvalue weighted by Crippen LogP contribution is 2.29. The average Bonchev–Trinajstić information content (AvgIpc) is 2.75. The van der Waals surface area contributed by atoms with Crippen LogP contribution < -0.4 is 10.9 Å². The molecule has 0 aromatic heterocycles. The van der Waals surface area contributed by atoms with E-state index >= 15 is 0 Å². The van der Waals surface area contributed by atoms with Crippen LogP contribution >= 0.6 is 0 Å². The third-order valence-electron chi connectivity index (χ3n) is 5.28. The van der Waals surface area contributed by atoms with Gasteiger partial charge in [-0.25, -0.2) is 0 Å². The topological polar surface area (TPSA) is 61.4 Å². The molecule has 3 aromatic rings. The number of fused-ring (bicyclic) bond motifs is 1. The third-order valence-corrected chi connectivity index (χ3v) is 5.28. The highest BCUT2D eigenvalue weighted by atomic mass is 16.3. The smallest absolute Gasteiger partial charge is 0.273 e. The molecule has 0 radical (unpaired) electrons. The highest BCUT2D eigenvalue weighted by Gasteiger charge is 2.16. The summed E-state index contributed by atoms with van der Waals surface area (Å²) in [5.74, 6) is -0.377. The summed E-state index contributed by atoms with van der Waals surface area (Å²) in [6, 6.07) is 21.1. The van der Waals surface area contributed by atoms with Crippen LogP contribution in [0.3, 0.4) is 0 Å². The molecule has 1 aliphatic rings. The van der Waals surface area contributed by atoms with Crippen LogP contribution in [-0.2, 0) is 0 Å². The number of allylic oxidation sites excluding steroid dienone is 1. The lowest BCUT2D eigenvalue weighted by atomic mass is 9.91. The first kappa shape index (κ1) is 18.1. The SMILES string of the molecule is O=C(NNC(=C1CCCCC1)c1ccccc1)c1cc2ccccc2cc1O. The van der Waals surface area contributed by atoms with Crippen LogP contribution in [0.5, 0.6) is 5.75 Å². The Morgan fingerprint density at radius 2 is 1.43 bits per heavy atom. The quantitative estimate of drug-likeness (QED) is 0.555. The standard InChI is InChI=1S/C24H24N2O2/c27-22-16-20-14-8-7-13-19(20)15-21(22)24(28)26-25-23(17-9-3-1-4-10-17)18-11-5-2-6-12-18/h1,3-4,7-10,13-16,25,27H,2,5-6,11-12H2,(H,26,28). The zero-order chi connectivity index (χ0) is 19.3. The molecule has 1 amide bonds. The highest BCUT2D eigenvalue weighted by molar-refractivity contribution is 6.01. The van der Waals surface area contributed by atoms with Crippen molar-refractivity contribution in [3.8, 4) is 5.75 Å². The van der Waals surface area contributed by atoms with Crippen LogP contribution in [0.4, 0.5) is 0 Å². The van der Waals surface area contributed by atoms with Crippen molar-refractivity contribution < 1.29 is 9.90 Å². The van der Waals surface area contributed by atoms with E-state index in [1.54, 1.807) is 12.1 Å². The van der Waals surface area contributed by atoms with Crippen LogP contribution in [-0.4, -0.2) is 11.0 Å². The van der Waals surface area contributed by atoms with E-state index in [1.807, 2.05) is 54.6 Å². The number of hydrazine groups is 1. The molecule has 4 heteroatoms. The van der Waals surface area contributed by atoms with E-state index in [0.717, 1.165) is 34.9 Å².